The first-order valence-electron chi connectivity index (χ1n) is 6.56. The molecule has 1 heteroatoms. The van der Waals surface area contributed by atoms with Crippen molar-refractivity contribution in [1.82, 2.24) is 0 Å². The summed E-state index contributed by atoms with van der Waals surface area (Å²) in [6, 6.07) is 7.03. The smallest absolute Gasteiger partial charge is 0.000380 e. The van der Waals surface area contributed by atoms with E-state index in [0.717, 1.165) is 12.5 Å². The lowest BCUT2D eigenvalue weighted by molar-refractivity contribution is 0.129. The van der Waals surface area contributed by atoms with Gasteiger partial charge in [-0.2, -0.15) is 0 Å². The van der Waals surface area contributed by atoms with Crippen molar-refractivity contribution >= 4 is 0 Å². The van der Waals surface area contributed by atoms with E-state index in [9.17, 15) is 0 Å². The molecule has 0 radical (unpaired) electrons. The quantitative estimate of drug-likeness (QED) is 0.766. The zero-order chi connectivity index (χ0) is 11.2. The highest BCUT2D eigenvalue weighted by Gasteiger charge is 2.47. The molecule has 2 aliphatic rings. The molecule has 0 heterocycles. The topological polar surface area (TPSA) is 26.0 Å². The summed E-state index contributed by atoms with van der Waals surface area (Å²) < 4.78 is 0. The van der Waals surface area contributed by atoms with Crippen LogP contribution in [-0.4, -0.2) is 6.54 Å². The Kier molecular flexibility index (Phi) is 2.32. The van der Waals surface area contributed by atoms with Crippen LogP contribution in [0.2, 0.25) is 0 Å². The van der Waals surface area contributed by atoms with E-state index in [2.05, 4.69) is 25.1 Å². The van der Waals surface area contributed by atoms with Crippen molar-refractivity contribution in [2.45, 2.75) is 44.4 Å². The molecule has 0 bridgehead atoms. The van der Waals surface area contributed by atoms with Gasteiger partial charge in [-0.05, 0) is 61.6 Å². The Morgan fingerprint density at radius 3 is 2.81 bits per heavy atom. The minimum Gasteiger partial charge on any atom is -0.330 e. The molecular formula is C15H21N. The molecule has 1 unspecified atom stereocenters. The third-order valence-corrected chi connectivity index (χ3v) is 4.88. The molecule has 86 valence electrons. The second-order valence-electron chi connectivity index (χ2n) is 5.64. The Bertz CT molecular complexity index is 404. The summed E-state index contributed by atoms with van der Waals surface area (Å²) in [6.45, 7) is 3.08. The summed E-state index contributed by atoms with van der Waals surface area (Å²) >= 11 is 0. The highest BCUT2D eigenvalue weighted by atomic mass is 14.6. The lowest BCUT2D eigenvalue weighted by atomic mass is 9.53. The standard InChI is InChI=1S/C15H21N/c1-11-3-4-12-5-6-13(10-16)15(7-2-8-15)14(12)9-11/h3-4,9,13H,2,5-8,10,16H2,1H3. The maximum Gasteiger partial charge on any atom is -0.000380 e. The van der Waals surface area contributed by atoms with Crippen LogP contribution in [0, 0.1) is 12.8 Å². The lowest BCUT2D eigenvalue weighted by Gasteiger charge is -2.52. The van der Waals surface area contributed by atoms with E-state index in [1.54, 1.807) is 11.1 Å². The Morgan fingerprint density at radius 1 is 1.38 bits per heavy atom. The van der Waals surface area contributed by atoms with Crippen LogP contribution >= 0.6 is 0 Å². The van der Waals surface area contributed by atoms with E-state index in [4.69, 9.17) is 5.73 Å². The van der Waals surface area contributed by atoms with Crippen LogP contribution in [0.5, 0.6) is 0 Å². The third-order valence-electron chi connectivity index (χ3n) is 4.88. The largest absolute Gasteiger partial charge is 0.330 e. The summed E-state index contributed by atoms with van der Waals surface area (Å²) in [5, 5.41) is 0. The highest BCUT2D eigenvalue weighted by Crippen LogP contribution is 2.54. The molecule has 0 aliphatic heterocycles. The molecule has 1 nitrogen and oxygen atoms in total. The fraction of sp³-hybridized carbons (Fsp3) is 0.600. The van der Waals surface area contributed by atoms with E-state index in [0.29, 0.717) is 5.41 Å². The Hall–Kier alpha value is -0.820. The minimum atomic E-state index is 0.467. The SMILES string of the molecule is Cc1ccc2c(c1)C1(CCC1)C(CN)CC2. The summed E-state index contributed by atoms with van der Waals surface area (Å²) in [6.07, 6.45) is 6.66. The van der Waals surface area contributed by atoms with Gasteiger partial charge in [0.2, 0.25) is 0 Å². The number of hydrogen-bond acceptors (Lipinski definition) is 1. The average molecular weight is 215 g/mol. The Morgan fingerprint density at radius 2 is 2.19 bits per heavy atom. The first-order valence-corrected chi connectivity index (χ1v) is 6.56. The molecule has 1 atom stereocenters. The zero-order valence-electron chi connectivity index (χ0n) is 10.1. The van der Waals surface area contributed by atoms with Crippen molar-refractivity contribution in [3.63, 3.8) is 0 Å². The molecule has 1 fully saturated rings. The van der Waals surface area contributed by atoms with Crippen molar-refractivity contribution < 1.29 is 0 Å². The predicted molar refractivity (Wildman–Crippen MR) is 67.6 cm³/mol. The molecule has 0 aromatic heterocycles. The summed E-state index contributed by atoms with van der Waals surface area (Å²) in [5.74, 6) is 0.732. The second kappa shape index (κ2) is 3.59. The van der Waals surface area contributed by atoms with Crippen molar-refractivity contribution in [3.8, 4) is 0 Å². The lowest BCUT2D eigenvalue weighted by Crippen LogP contribution is -2.48. The van der Waals surface area contributed by atoms with Crippen LogP contribution in [0.4, 0.5) is 0 Å². The van der Waals surface area contributed by atoms with Gasteiger partial charge in [0.25, 0.3) is 0 Å². The number of aryl methyl sites for hydroxylation is 2. The predicted octanol–water partition coefficient (Wildman–Crippen LogP) is 2.94. The Labute approximate surface area is 98.0 Å². The molecule has 1 aromatic rings. The van der Waals surface area contributed by atoms with E-state index < -0.39 is 0 Å². The van der Waals surface area contributed by atoms with Gasteiger partial charge in [0.05, 0.1) is 0 Å². The van der Waals surface area contributed by atoms with E-state index in [-0.39, 0.29) is 0 Å². The number of rotatable bonds is 1. The molecule has 1 spiro atoms. The molecule has 0 saturated heterocycles. The fourth-order valence-corrected chi connectivity index (χ4v) is 3.78. The van der Waals surface area contributed by atoms with Crippen LogP contribution in [0.3, 0.4) is 0 Å². The van der Waals surface area contributed by atoms with Gasteiger partial charge in [0, 0.05) is 0 Å². The van der Waals surface area contributed by atoms with Crippen LogP contribution < -0.4 is 5.73 Å². The summed E-state index contributed by atoms with van der Waals surface area (Å²) in [5.41, 5.74) is 11.1. The first kappa shape index (κ1) is 10.3. The zero-order valence-corrected chi connectivity index (χ0v) is 10.1. The van der Waals surface area contributed by atoms with Crippen LogP contribution in [-0.2, 0) is 11.8 Å². The van der Waals surface area contributed by atoms with Crippen LogP contribution in [0.1, 0.15) is 42.4 Å². The molecule has 2 N–H and O–H groups in total. The van der Waals surface area contributed by atoms with Gasteiger partial charge in [-0.3, -0.25) is 0 Å². The fourth-order valence-electron chi connectivity index (χ4n) is 3.78. The molecule has 2 aliphatic carbocycles. The molecule has 0 amide bonds. The third kappa shape index (κ3) is 1.27. The average Bonchev–Trinajstić information content (AvgIpc) is 2.24. The highest BCUT2D eigenvalue weighted by molar-refractivity contribution is 5.42. The monoisotopic (exact) mass is 215 g/mol. The normalized spacial score (nSPS) is 26.2. The van der Waals surface area contributed by atoms with Gasteiger partial charge in [-0.1, -0.05) is 30.2 Å². The Balaban J connectivity index is 2.10. The van der Waals surface area contributed by atoms with E-state index >= 15 is 0 Å². The van der Waals surface area contributed by atoms with Crippen molar-refractivity contribution in [2.75, 3.05) is 6.54 Å². The van der Waals surface area contributed by atoms with Gasteiger partial charge in [0.15, 0.2) is 0 Å². The number of fused-ring (bicyclic) bond motifs is 2. The second-order valence-corrected chi connectivity index (χ2v) is 5.64. The van der Waals surface area contributed by atoms with E-state index in [1.807, 2.05) is 0 Å². The van der Waals surface area contributed by atoms with Gasteiger partial charge in [-0.25, -0.2) is 0 Å². The minimum absolute atomic E-state index is 0.467. The first-order chi connectivity index (χ1) is 7.76. The summed E-state index contributed by atoms with van der Waals surface area (Å²) in [4.78, 5) is 0. The number of hydrogen-bond donors (Lipinski definition) is 1. The molecule has 1 aromatic carbocycles. The van der Waals surface area contributed by atoms with E-state index in [1.165, 1.54) is 37.7 Å². The maximum absolute atomic E-state index is 5.98. The van der Waals surface area contributed by atoms with Gasteiger partial charge in [0.1, 0.15) is 0 Å². The van der Waals surface area contributed by atoms with Gasteiger partial charge < -0.3 is 5.73 Å². The molecule has 3 rings (SSSR count). The number of nitrogens with two attached hydrogens (primary N) is 1. The van der Waals surface area contributed by atoms with Crippen LogP contribution in [0.25, 0.3) is 0 Å². The molecule has 16 heavy (non-hydrogen) atoms. The van der Waals surface area contributed by atoms with Crippen molar-refractivity contribution in [1.29, 1.82) is 0 Å². The molecule has 1 saturated carbocycles. The van der Waals surface area contributed by atoms with Gasteiger partial charge >= 0.3 is 0 Å². The van der Waals surface area contributed by atoms with Gasteiger partial charge in [-0.15, -0.1) is 0 Å². The van der Waals surface area contributed by atoms with Crippen molar-refractivity contribution in [2.24, 2.45) is 11.7 Å². The number of benzene rings is 1. The van der Waals surface area contributed by atoms with Crippen molar-refractivity contribution in [3.05, 3.63) is 34.9 Å². The molecular weight excluding hydrogens is 194 g/mol. The summed E-state index contributed by atoms with van der Waals surface area (Å²) in [7, 11) is 0. The maximum atomic E-state index is 5.98. The van der Waals surface area contributed by atoms with Crippen LogP contribution in [0.15, 0.2) is 18.2 Å².